The van der Waals surface area contributed by atoms with Crippen LogP contribution >= 0.6 is 15.9 Å². The van der Waals surface area contributed by atoms with Gasteiger partial charge in [-0.1, -0.05) is 0 Å². The standard InChI is InChI=1S/C8H10BrN3O4S.C2HF3O2/c1-4(8(13)14)12-17(15,16)6-2-5(9)3-11-7(6)10;3-2(4,5)1(6)7/h2-4,12H,1H3,(H2,10,11)(H,13,14);(H,6,7). The van der Waals surface area contributed by atoms with Gasteiger partial charge < -0.3 is 15.9 Å². The molecule has 1 unspecified atom stereocenters. The lowest BCUT2D eigenvalue weighted by atomic mass is 10.4. The molecule has 0 aliphatic carbocycles. The molecular weight excluding hydrogens is 427 g/mol. The van der Waals surface area contributed by atoms with Crippen molar-refractivity contribution in [2.24, 2.45) is 0 Å². The smallest absolute Gasteiger partial charge is 0.480 e. The van der Waals surface area contributed by atoms with Gasteiger partial charge in [-0.3, -0.25) is 4.79 Å². The van der Waals surface area contributed by atoms with E-state index in [1.165, 1.54) is 19.2 Å². The molecule has 1 heterocycles. The maximum absolute atomic E-state index is 11.8. The van der Waals surface area contributed by atoms with E-state index in [-0.39, 0.29) is 10.7 Å². The maximum Gasteiger partial charge on any atom is 0.490 e. The number of aliphatic carboxylic acids is 2. The zero-order chi connectivity index (χ0) is 19.3. The van der Waals surface area contributed by atoms with Gasteiger partial charge in [-0.2, -0.15) is 17.9 Å². The second kappa shape index (κ2) is 8.25. The predicted molar refractivity (Wildman–Crippen MR) is 77.5 cm³/mol. The Labute approximate surface area is 141 Å². The number of sulfonamides is 1. The molecule has 0 aliphatic heterocycles. The van der Waals surface area contributed by atoms with Crippen molar-refractivity contribution in [2.75, 3.05) is 5.73 Å². The predicted octanol–water partition coefficient (Wildman–Crippen LogP) is 0.811. The lowest BCUT2D eigenvalue weighted by molar-refractivity contribution is -0.192. The van der Waals surface area contributed by atoms with Crippen molar-refractivity contribution in [3.8, 4) is 0 Å². The number of carboxylic acids is 2. The SMILES string of the molecule is CC(NS(=O)(=O)c1cc(Br)cnc1N)C(=O)O.O=C(O)C(F)(F)F. The third-order valence-electron chi connectivity index (χ3n) is 2.08. The molecule has 0 amide bonds. The summed E-state index contributed by atoms with van der Waals surface area (Å²) in [7, 11) is -4.01. The van der Waals surface area contributed by atoms with Crippen molar-refractivity contribution in [1.29, 1.82) is 0 Å². The Morgan fingerprint density at radius 2 is 1.83 bits per heavy atom. The van der Waals surface area contributed by atoms with Crippen molar-refractivity contribution in [3.05, 3.63) is 16.7 Å². The second-order valence-corrected chi connectivity index (χ2v) is 6.62. The van der Waals surface area contributed by atoms with Crippen LogP contribution in [-0.4, -0.2) is 47.8 Å². The number of pyridine rings is 1. The summed E-state index contributed by atoms with van der Waals surface area (Å²) in [5.74, 6) is -4.24. The highest BCUT2D eigenvalue weighted by Crippen LogP contribution is 2.20. The van der Waals surface area contributed by atoms with Crippen LogP contribution in [0.1, 0.15) is 6.92 Å². The van der Waals surface area contributed by atoms with Gasteiger partial charge >= 0.3 is 18.1 Å². The average Bonchev–Trinajstić information content (AvgIpc) is 2.40. The number of rotatable bonds is 4. The van der Waals surface area contributed by atoms with Crippen molar-refractivity contribution in [2.45, 2.75) is 24.0 Å². The van der Waals surface area contributed by atoms with E-state index in [0.717, 1.165) is 0 Å². The highest BCUT2D eigenvalue weighted by Gasteiger charge is 2.38. The first-order chi connectivity index (χ1) is 10.7. The maximum atomic E-state index is 11.8. The highest BCUT2D eigenvalue weighted by molar-refractivity contribution is 9.10. The first-order valence-corrected chi connectivity index (χ1v) is 7.92. The molecule has 136 valence electrons. The minimum Gasteiger partial charge on any atom is -0.480 e. The van der Waals surface area contributed by atoms with Crippen LogP contribution in [0.25, 0.3) is 0 Å². The Hall–Kier alpha value is -1.93. The number of halogens is 4. The minimum absolute atomic E-state index is 0.196. The summed E-state index contributed by atoms with van der Waals surface area (Å²) in [5, 5.41) is 15.8. The number of nitrogens with zero attached hydrogens (tertiary/aromatic N) is 1. The van der Waals surface area contributed by atoms with Gasteiger partial charge in [-0.15, -0.1) is 0 Å². The number of aromatic nitrogens is 1. The van der Waals surface area contributed by atoms with Crippen molar-refractivity contribution in [1.82, 2.24) is 9.71 Å². The molecular formula is C10H11BrF3N3O6S. The molecule has 24 heavy (non-hydrogen) atoms. The van der Waals surface area contributed by atoms with Crippen LogP contribution in [0.3, 0.4) is 0 Å². The van der Waals surface area contributed by atoms with Gasteiger partial charge in [0, 0.05) is 10.7 Å². The summed E-state index contributed by atoms with van der Waals surface area (Å²) in [4.78, 5) is 22.9. The molecule has 9 nitrogen and oxygen atoms in total. The molecule has 0 fully saturated rings. The number of nitrogens with two attached hydrogens (primary N) is 1. The Morgan fingerprint density at radius 3 is 2.21 bits per heavy atom. The van der Waals surface area contributed by atoms with Gasteiger partial charge in [0.25, 0.3) is 0 Å². The summed E-state index contributed by atoms with van der Waals surface area (Å²) < 4.78 is 57.7. The van der Waals surface area contributed by atoms with Gasteiger partial charge in [0.2, 0.25) is 10.0 Å². The molecule has 1 atom stereocenters. The van der Waals surface area contributed by atoms with Crippen molar-refractivity contribution < 1.29 is 41.4 Å². The minimum atomic E-state index is -5.08. The van der Waals surface area contributed by atoms with E-state index in [9.17, 15) is 26.4 Å². The third-order valence-corrected chi connectivity index (χ3v) is 4.09. The van der Waals surface area contributed by atoms with Crippen LogP contribution < -0.4 is 10.5 Å². The normalized spacial score (nSPS) is 12.7. The first-order valence-electron chi connectivity index (χ1n) is 5.64. The van der Waals surface area contributed by atoms with E-state index < -0.39 is 34.2 Å². The average molecular weight is 438 g/mol. The molecule has 1 rings (SSSR count). The summed E-state index contributed by atoms with van der Waals surface area (Å²) in [6.07, 6.45) is -3.74. The fourth-order valence-electron chi connectivity index (χ4n) is 0.993. The van der Waals surface area contributed by atoms with Gasteiger partial charge in [0.05, 0.1) is 0 Å². The number of hydrogen-bond donors (Lipinski definition) is 4. The Balaban J connectivity index is 0.000000640. The van der Waals surface area contributed by atoms with E-state index in [1.54, 1.807) is 0 Å². The monoisotopic (exact) mass is 437 g/mol. The molecule has 0 saturated carbocycles. The van der Waals surface area contributed by atoms with Gasteiger partial charge in [-0.05, 0) is 28.9 Å². The largest absolute Gasteiger partial charge is 0.490 e. The highest BCUT2D eigenvalue weighted by atomic mass is 79.9. The van der Waals surface area contributed by atoms with E-state index >= 15 is 0 Å². The van der Waals surface area contributed by atoms with E-state index in [2.05, 4.69) is 20.9 Å². The van der Waals surface area contributed by atoms with Crippen LogP contribution in [0, 0.1) is 0 Å². The van der Waals surface area contributed by atoms with Gasteiger partial charge in [0.15, 0.2) is 0 Å². The Kier molecular flexibility index (Phi) is 7.59. The summed E-state index contributed by atoms with van der Waals surface area (Å²) in [6.45, 7) is 1.21. The van der Waals surface area contributed by atoms with Gasteiger partial charge in [0.1, 0.15) is 16.8 Å². The number of alkyl halides is 3. The molecule has 0 aromatic carbocycles. The summed E-state index contributed by atoms with van der Waals surface area (Å²) >= 11 is 3.06. The number of nitrogens with one attached hydrogen (secondary N) is 1. The quantitative estimate of drug-likeness (QED) is 0.538. The molecule has 0 aliphatic rings. The van der Waals surface area contributed by atoms with E-state index in [0.29, 0.717) is 4.47 Å². The van der Waals surface area contributed by atoms with E-state index in [1.807, 2.05) is 4.72 Å². The summed E-state index contributed by atoms with van der Waals surface area (Å²) in [6, 6.07) is -0.00226. The Morgan fingerprint density at radius 1 is 1.38 bits per heavy atom. The van der Waals surface area contributed by atoms with E-state index in [4.69, 9.17) is 20.7 Å². The van der Waals surface area contributed by atoms with Crippen LogP contribution in [0.5, 0.6) is 0 Å². The molecule has 1 aromatic rings. The van der Waals surface area contributed by atoms with Crippen molar-refractivity contribution in [3.63, 3.8) is 0 Å². The molecule has 1 aromatic heterocycles. The topological polar surface area (TPSA) is 160 Å². The first kappa shape index (κ1) is 22.1. The fourth-order valence-corrected chi connectivity index (χ4v) is 2.78. The fraction of sp³-hybridized carbons (Fsp3) is 0.300. The number of hydrogen-bond acceptors (Lipinski definition) is 6. The molecule has 5 N–H and O–H groups in total. The number of carboxylic acid groups (broad SMARTS) is 2. The zero-order valence-corrected chi connectivity index (χ0v) is 14.1. The molecule has 0 spiro atoms. The third kappa shape index (κ3) is 7.10. The lowest BCUT2D eigenvalue weighted by Gasteiger charge is -2.11. The van der Waals surface area contributed by atoms with Gasteiger partial charge in [-0.25, -0.2) is 18.2 Å². The van der Waals surface area contributed by atoms with Crippen LogP contribution in [0.4, 0.5) is 19.0 Å². The molecule has 0 radical (unpaired) electrons. The molecule has 0 saturated heterocycles. The zero-order valence-electron chi connectivity index (χ0n) is 11.7. The lowest BCUT2D eigenvalue weighted by Crippen LogP contribution is -2.38. The summed E-state index contributed by atoms with van der Waals surface area (Å²) in [5.41, 5.74) is 5.43. The molecule has 14 heteroatoms. The Bertz CT molecular complexity index is 725. The number of anilines is 1. The van der Waals surface area contributed by atoms with Crippen molar-refractivity contribution >= 4 is 43.7 Å². The number of nitrogen functional groups attached to an aromatic ring is 1. The molecule has 0 bridgehead atoms. The van der Waals surface area contributed by atoms with Crippen LogP contribution in [0.2, 0.25) is 0 Å². The number of carbonyl (C=O) groups is 2. The van der Waals surface area contributed by atoms with Crippen LogP contribution in [0.15, 0.2) is 21.6 Å². The second-order valence-electron chi connectivity index (χ2n) is 4.02. The van der Waals surface area contributed by atoms with Crippen LogP contribution in [-0.2, 0) is 19.6 Å².